The molecule has 2 aromatic carbocycles. The Morgan fingerprint density at radius 2 is 1.91 bits per heavy atom. The van der Waals surface area contributed by atoms with Crippen molar-refractivity contribution in [1.29, 1.82) is 0 Å². The number of halogens is 2. The number of carbonyl (C=O) groups is 2. The summed E-state index contributed by atoms with van der Waals surface area (Å²) < 4.78 is 35.7. The van der Waals surface area contributed by atoms with Gasteiger partial charge in [0.25, 0.3) is 11.7 Å². The number of imidazole rings is 1. The molecule has 1 amide bonds. The van der Waals surface area contributed by atoms with Crippen molar-refractivity contribution in [3.8, 4) is 5.75 Å². The van der Waals surface area contributed by atoms with Crippen LogP contribution in [0.2, 0.25) is 0 Å². The van der Waals surface area contributed by atoms with Crippen LogP contribution in [0, 0.1) is 11.6 Å². The summed E-state index contributed by atoms with van der Waals surface area (Å²) in [5.74, 6) is -3.82. The Morgan fingerprint density at radius 3 is 2.58 bits per heavy atom. The second kappa shape index (κ2) is 9.23. The monoisotopic (exact) mass is 453 g/mol. The highest BCUT2D eigenvalue weighted by Crippen LogP contribution is 2.40. The summed E-state index contributed by atoms with van der Waals surface area (Å²) >= 11 is 0. The molecule has 0 spiro atoms. The Hall–Kier alpha value is -4.01. The van der Waals surface area contributed by atoms with Crippen LogP contribution in [-0.2, 0) is 16.1 Å². The van der Waals surface area contributed by atoms with Crippen molar-refractivity contribution in [1.82, 2.24) is 14.5 Å². The van der Waals surface area contributed by atoms with Gasteiger partial charge in [0.15, 0.2) is 11.6 Å². The molecule has 0 saturated carbocycles. The number of amides is 1. The number of rotatable bonds is 7. The van der Waals surface area contributed by atoms with Gasteiger partial charge in [0, 0.05) is 36.6 Å². The number of aliphatic hydroxyl groups excluding tert-OH is 1. The van der Waals surface area contributed by atoms with Crippen LogP contribution in [0.15, 0.2) is 66.8 Å². The van der Waals surface area contributed by atoms with E-state index >= 15 is 0 Å². The minimum Gasteiger partial charge on any atom is -0.507 e. The lowest BCUT2D eigenvalue weighted by atomic mass is 9.95. The van der Waals surface area contributed by atoms with E-state index in [1.807, 2.05) is 4.57 Å². The first-order valence-electron chi connectivity index (χ1n) is 10.2. The molecule has 33 heavy (non-hydrogen) atoms. The molecule has 7 nitrogen and oxygen atoms in total. The van der Waals surface area contributed by atoms with Gasteiger partial charge < -0.3 is 19.3 Å². The van der Waals surface area contributed by atoms with E-state index in [9.17, 15) is 23.5 Å². The van der Waals surface area contributed by atoms with Gasteiger partial charge in [-0.3, -0.25) is 9.59 Å². The number of hydrogen-bond donors (Lipinski definition) is 1. The summed E-state index contributed by atoms with van der Waals surface area (Å²) in [6.07, 6.45) is 5.48. The van der Waals surface area contributed by atoms with Gasteiger partial charge in [-0.2, -0.15) is 0 Å². The minimum absolute atomic E-state index is 0.0222. The number of ether oxygens (including phenoxy) is 1. The third-order valence-corrected chi connectivity index (χ3v) is 5.54. The van der Waals surface area contributed by atoms with Gasteiger partial charge in [-0.1, -0.05) is 18.2 Å². The average Bonchev–Trinajstić information content (AvgIpc) is 3.41. The van der Waals surface area contributed by atoms with E-state index in [0.29, 0.717) is 13.0 Å². The number of carbonyl (C=O) groups excluding carboxylic acids is 2. The second-order valence-electron chi connectivity index (χ2n) is 7.52. The van der Waals surface area contributed by atoms with Crippen LogP contribution in [0.4, 0.5) is 8.78 Å². The fourth-order valence-corrected chi connectivity index (χ4v) is 3.94. The summed E-state index contributed by atoms with van der Waals surface area (Å²) in [6, 6.07) is 8.24. The zero-order valence-electron chi connectivity index (χ0n) is 17.7. The number of nitrogens with zero attached hydrogens (tertiary/aromatic N) is 3. The third-order valence-electron chi connectivity index (χ3n) is 5.54. The fraction of sp³-hybridized carbons (Fsp3) is 0.208. The van der Waals surface area contributed by atoms with Crippen molar-refractivity contribution >= 4 is 17.4 Å². The van der Waals surface area contributed by atoms with Crippen molar-refractivity contribution < 1.29 is 28.2 Å². The molecule has 1 N–H and O–H groups in total. The molecule has 4 rings (SSSR count). The molecule has 1 atom stereocenters. The Labute approximate surface area is 188 Å². The van der Waals surface area contributed by atoms with Crippen LogP contribution in [0.1, 0.15) is 23.6 Å². The van der Waals surface area contributed by atoms with E-state index in [-0.39, 0.29) is 29.0 Å². The molecule has 170 valence electrons. The number of aliphatic hydroxyl groups is 1. The molecule has 0 bridgehead atoms. The molecule has 0 unspecified atom stereocenters. The second-order valence-corrected chi connectivity index (χ2v) is 7.52. The van der Waals surface area contributed by atoms with Crippen LogP contribution in [0.5, 0.6) is 5.75 Å². The van der Waals surface area contributed by atoms with Crippen molar-refractivity contribution in [3.63, 3.8) is 0 Å². The largest absolute Gasteiger partial charge is 0.507 e. The summed E-state index contributed by atoms with van der Waals surface area (Å²) in [7, 11) is 1.30. The Morgan fingerprint density at radius 1 is 1.12 bits per heavy atom. The lowest BCUT2D eigenvalue weighted by Gasteiger charge is -2.25. The smallest absolute Gasteiger partial charge is 0.295 e. The number of aromatic nitrogens is 2. The molecular formula is C24H21F2N3O4. The first-order valence-corrected chi connectivity index (χ1v) is 10.2. The van der Waals surface area contributed by atoms with Gasteiger partial charge >= 0.3 is 0 Å². The first kappa shape index (κ1) is 22.2. The van der Waals surface area contributed by atoms with Crippen molar-refractivity contribution in [3.05, 3.63) is 89.5 Å². The van der Waals surface area contributed by atoms with Gasteiger partial charge in [0.1, 0.15) is 11.6 Å². The van der Waals surface area contributed by atoms with Crippen LogP contribution in [0.25, 0.3) is 5.76 Å². The molecule has 1 aliphatic heterocycles. The normalized spacial score (nSPS) is 17.5. The van der Waals surface area contributed by atoms with Crippen molar-refractivity contribution in [2.75, 3.05) is 13.7 Å². The SMILES string of the molecule is COc1ccc(C(O)=C2C(=O)C(=O)N(CCCn3ccnc3)[C@@H]2c2ccccc2F)cc1F. The molecule has 1 fully saturated rings. The number of aryl methyl sites for hydroxylation is 1. The molecular weight excluding hydrogens is 432 g/mol. The van der Waals surface area contributed by atoms with E-state index in [4.69, 9.17) is 4.74 Å². The lowest BCUT2D eigenvalue weighted by Crippen LogP contribution is -2.31. The van der Waals surface area contributed by atoms with Crippen LogP contribution in [0.3, 0.4) is 0 Å². The maximum Gasteiger partial charge on any atom is 0.295 e. The highest BCUT2D eigenvalue weighted by Gasteiger charge is 2.46. The average molecular weight is 453 g/mol. The predicted molar refractivity (Wildman–Crippen MR) is 115 cm³/mol. The zero-order valence-corrected chi connectivity index (χ0v) is 17.7. The van der Waals surface area contributed by atoms with E-state index in [0.717, 1.165) is 6.07 Å². The number of likely N-dealkylation sites (tertiary alicyclic amines) is 1. The molecule has 1 aromatic heterocycles. The Kier molecular flexibility index (Phi) is 6.21. The molecule has 3 aromatic rings. The number of benzene rings is 2. The third kappa shape index (κ3) is 4.21. The van der Waals surface area contributed by atoms with E-state index in [1.165, 1.54) is 42.3 Å². The standard InChI is InChI=1S/C24H21F2N3O4/c1-33-19-8-7-15(13-18(19)26)22(30)20-21(16-5-2-3-6-17(16)25)29(24(32)23(20)31)11-4-10-28-12-9-27-14-28/h2-3,5-9,12-14,21,30H,4,10-11H2,1H3/t21-/m1/s1. The highest BCUT2D eigenvalue weighted by atomic mass is 19.1. The van der Waals surface area contributed by atoms with E-state index in [1.54, 1.807) is 24.8 Å². The van der Waals surface area contributed by atoms with E-state index in [2.05, 4.69) is 4.98 Å². The minimum atomic E-state index is -1.15. The lowest BCUT2D eigenvalue weighted by molar-refractivity contribution is -0.140. The topological polar surface area (TPSA) is 84.7 Å². The van der Waals surface area contributed by atoms with E-state index < -0.39 is 35.1 Å². The summed E-state index contributed by atoms with van der Waals surface area (Å²) in [4.78, 5) is 31.1. The molecule has 0 radical (unpaired) electrons. The van der Waals surface area contributed by atoms with Crippen LogP contribution >= 0.6 is 0 Å². The molecule has 2 heterocycles. The molecule has 1 aliphatic rings. The zero-order chi connectivity index (χ0) is 23.5. The van der Waals surface area contributed by atoms with Crippen LogP contribution in [-0.4, -0.2) is 44.9 Å². The predicted octanol–water partition coefficient (Wildman–Crippen LogP) is 3.68. The van der Waals surface area contributed by atoms with Gasteiger partial charge in [0.05, 0.1) is 25.1 Å². The van der Waals surface area contributed by atoms with Gasteiger partial charge in [0.2, 0.25) is 0 Å². The molecule has 9 heteroatoms. The number of ketones is 1. The van der Waals surface area contributed by atoms with Gasteiger partial charge in [-0.05, 0) is 30.7 Å². The van der Waals surface area contributed by atoms with Gasteiger partial charge in [-0.15, -0.1) is 0 Å². The van der Waals surface area contributed by atoms with Crippen molar-refractivity contribution in [2.24, 2.45) is 0 Å². The fourth-order valence-electron chi connectivity index (χ4n) is 3.94. The quantitative estimate of drug-likeness (QED) is 0.335. The maximum absolute atomic E-state index is 14.8. The van der Waals surface area contributed by atoms with Gasteiger partial charge in [-0.25, -0.2) is 13.8 Å². The number of hydrogen-bond acceptors (Lipinski definition) is 5. The van der Waals surface area contributed by atoms with Crippen molar-refractivity contribution in [2.45, 2.75) is 19.0 Å². The summed E-state index contributed by atoms with van der Waals surface area (Å²) in [5.41, 5.74) is -0.252. The number of Topliss-reactive ketones (excluding diaryl/α,β-unsaturated/α-hetero) is 1. The summed E-state index contributed by atoms with van der Waals surface area (Å²) in [6.45, 7) is 0.659. The Bertz CT molecular complexity index is 1220. The molecule has 1 saturated heterocycles. The maximum atomic E-state index is 14.8. The van der Waals surface area contributed by atoms with Crippen LogP contribution < -0.4 is 4.74 Å². The summed E-state index contributed by atoms with van der Waals surface area (Å²) in [5, 5.41) is 11.0. The number of methoxy groups -OCH3 is 1. The molecule has 0 aliphatic carbocycles. The highest BCUT2D eigenvalue weighted by molar-refractivity contribution is 6.46. The first-order chi connectivity index (χ1) is 15.9. The Balaban J connectivity index is 1.76.